The van der Waals surface area contributed by atoms with Crippen LogP contribution < -0.4 is 4.74 Å². The normalized spacial score (nSPS) is 10.1. The molecule has 0 unspecified atom stereocenters. The highest BCUT2D eigenvalue weighted by Gasteiger charge is 2.02. The zero-order valence-corrected chi connectivity index (χ0v) is 10.6. The number of nitrogens with zero attached hydrogens (tertiary/aromatic N) is 1. The molecule has 0 saturated heterocycles. The second-order valence-corrected chi connectivity index (χ2v) is 4.95. The molecule has 0 bridgehead atoms. The topological polar surface area (TPSA) is 22.1 Å². The molecule has 0 amide bonds. The second kappa shape index (κ2) is 4.46. The lowest BCUT2D eigenvalue weighted by molar-refractivity contribution is 0.478. The van der Waals surface area contributed by atoms with Crippen LogP contribution in [0.3, 0.4) is 0 Å². The van der Waals surface area contributed by atoms with Gasteiger partial charge >= 0.3 is 0 Å². The largest absolute Gasteiger partial charge is 0.431 e. The van der Waals surface area contributed by atoms with Crippen LogP contribution in [0.1, 0.15) is 0 Å². The van der Waals surface area contributed by atoms with Gasteiger partial charge in [0.2, 0.25) is 0 Å². The molecular weight excluding hydrogens is 333 g/mol. The van der Waals surface area contributed by atoms with Gasteiger partial charge in [-0.05, 0) is 40.8 Å². The van der Waals surface area contributed by atoms with Crippen molar-refractivity contribution in [3.8, 4) is 10.9 Å². The lowest BCUT2D eigenvalue weighted by Crippen LogP contribution is -1.82. The summed E-state index contributed by atoms with van der Waals surface area (Å²) in [6.45, 7) is 0. The van der Waals surface area contributed by atoms with E-state index < -0.39 is 0 Å². The molecule has 0 N–H and O–H groups in total. The van der Waals surface area contributed by atoms with Gasteiger partial charge in [0.1, 0.15) is 10.9 Å². The molecular formula is C9H5ClINOS. The van der Waals surface area contributed by atoms with Crippen LogP contribution in [0.15, 0.2) is 29.6 Å². The predicted octanol–water partition coefficient (Wildman–Crippen LogP) is 4.19. The highest BCUT2D eigenvalue weighted by atomic mass is 127. The number of benzene rings is 1. The predicted molar refractivity (Wildman–Crippen MR) is 66.4 cm³/mol. The Morgan fingerprint density at radius 3 is 2.93 bits per heavy atom. The maximum absolute atomic E-state index is 5.68. The SMILES string of the molecule is Clc1csc(Oc2cccc(I)c2)n1. The lowest BCUT2D eigenvalue weighted by Gasteiger charge is -2.00. The van der Waals surface area contributed by atoms with E-state index in [1.54, 1.807) is 5.38 Å². The van der Waals surface area contributed by atoms with Crippen molar-refractivity contribution < 1.29 is 4.74 Å². The summed E-state index contributed by atoms with van der Waals surface area (Å²) >= 11 is 9.29. The van der Waals surface area contributed by atoms with Crippen LogP contribution in [0.2, 0.25) is 5.15 Å². The number of halogens is 2. The number of thiazole rings is 1. The van der Waals surface area contributed by atoms with Crippen molar-refractivity contribution in [3.05, 3.63) is 38.4 Å². The molecule has 0 atom stereocenters. The Morgan fingerprint density at radius 2 is 2.29 bits per heavy atom. The third-order valence-electron chi connectivity index (χ3n) is 1.46. The summed E-state index contributed by atoms with van der Waals surface area (Å²) in [5.41, 5.74) is 0. The maximum Gasteiger partial charge on any atom is 0.280 e. The van der Waals surface area contributed by atoms with E-state index in [2.05, 4.69) is 27.6 Å². The van der Waals surface area contributed by atoms with Crippen molar-refractivity contribution in [2.75, 3.05) is 0 Å². The highest BCUT2D eigenvalue weighted by Crippen LogP contribution is 2.27. The van der Waals surface area contributed by atoms with Crippen LogP contribution in [-0.2, 0) is 0 Å². The molecule has 0 saturated carbocycles. The van der Waals surface area contributed by atoms with Crippen molar-refractivity contribution in [2.45, 2.75) is 0 Å². The summed E-state index contributed by atoms with van der Waals surface area (Å²) in [7, 11) is 0. The minimum atomic E-state index is 0.468. The molecule has 1 aromatic heterocycles. The standard InChI is InChI=1S/C9H5ClINOS/c10-8-5-14-9(12-8)13-7-3-1-2-6(11)4-7/h1-5H. The first kappa shape index (κ1) is 10.2. The van der Waals surface area contributed by atoms with Gasteiger partial charge < -0.3 is 4.74 Å². The smallest absolute Gasteiger partial charge is 0.280 e. The van der Waals surface area contributed by atoms with E-state index in [1.807, 2.05) is 24.3 Å². The Bertz CT molecular complexity index is 446. The van der Waals surface area contributed by atoms with E-state index in [0.717, 1.165) is 9.32 Å². The number of hydrogen-bond donors (Lipinski definition) is 0. The van der Waals surface area contributed by atoms with E-state index in [4.69, 9.17) is 16.3 Å². The van der Waals surface area contributed by atoms with E-state index in [-0.39, 0.29) is 0 Å². The van der Waals surface area contributed by atoms with Gasteiger partial charge in [0.15, 0.2) is 0 Å². The molecule has 2 rings (SSSR count). The lowest BCUT2D eigenvalue weighted by atomic mass is 10.3. The van der Waals surface area contributed by atoms with Gasteiger partial charge in [-0.2, -0.15) is 4.98 Å². The highest BCUT2D eigenvalue weighted by molar-refractivity contribution is 14.1. The Hall–Kier alpha value is -0.330. The number of rotatable bonds is 2. The quantitative estimate of drug-likeness (QED) is 0.767. The first-order valence-corrected chi connectivity index (χ1v) is 6.12. The van der Waals surface area contributed by atoms with E-state index >= 15 is 0 Å². The molecule has 2 aromatic rings. The van der Waals surface area contributed by atoms with Gasteiger partial charge in [0, 0.05) is 8.95 Å². The summed E-state index contributed by atoms with van der Waals surface area (Å²) in [4.78, 5) is 3.99. The molecule has 72 valence electrons. The van der Waals surface area contributed by atoms with Crippen LogP contribution >= 0.6 is 45.5 Å². The zero-order chi connectivity index (χ0) is 9.97. The fourth-order valence-electron chi connectivity index (χ4n) is 0.917. The summed E-state index contributed by atoms with van der Waals surface area (Å²) in [6.07, 6.45) is 0. The Labute approximate surface area is 104 Å². The third kappa shape index (κ3) is 2.59. The van der Waals surface area contributed by atoms with Crippen molar-refractivity contribution in [3.63, 3.8) is 0 Å². The molecule has 14 heavy (non-hydrogen) atoms. The van der Waals surface area contributed by atoms with Crippen LogP contribution in [-0.4, -0.2) is 4.98 Å². The van der Waals surface area contributed by atoms with Crippen LogP contribution in [0.4, 0.5) is 0 Å². The Morgan fingerprint density at radius 1 is 1.43 bits per heavy atom. The average Bonchev–Trinajstić information content (AvgIpc) is 2.51. The van der Waals surface area contributed by atoms with Crippen molar-refractivity contribution in [2.24, 2.45) is 0 Å². The summed E-state index contributed by atoms with van der Waals surface area (Å²) < 4.78 is 6.63. The monoisotopic (exact) mass is 337 g/mol. The fourth-order valence-corrected chi connectivity index (χ4v) is 2.24. The molecule has 0 aliphatic rings. The third-order valence-corrected chi connectivity index (χ3v) is 3.17. The summed E-state index contributed by atoms with van der Waals surface area (Å²) in [5.74, 6) is 0.780. The van der Waals surface area contributed by atoms with Gasteiger partial charge in [0.25, 0.3) is 5.19 Å². The molecule has 5 heteroatoms. The van der Waals surface area contributed by atoms with E-state index in [1.165, 1.54) is 11.3 Å². The Kier molecular flexibility index (Phi) is 3.25. The number of ether oxygens (including phenoxy) is 1. The molecule has 0 radical (unpaired) electrons. The number of hydrogen-bond acceptors (Lipinski definition) is 3. The van der Waals surface area contributed by atoms with Crippen molar-refractivity contribution >= 4 is 45.5 Å². The average molecular weight is 338 g/mol. The summed E-state index contributed by atoms with van der Waals surface area (Å²) in [5, 5.41) is 2.78. The Balaban J connectivity index is 2.18. The first-order valence-electron chi connectivity index (χ1n) is 3.78. The molecule has 0 fully saturated rings. The van der Waals surface area contributed by atoms with E-state index in [9.17, 15) is 0 Å². The van der Waals surface area contributed by atoms with Gasteiger partial charge in [-0.25, -0.2) is 0 Å². The maximum atomic E-state index is 5.68. The van der Waals surface area contributed by atoms with Gasteiger partial charge in [0.05, 0.1) is 0 Å². The number of aromatic nitrogens is 1. The van der Waals surface area contributed by atoms with Crippen LogP contribution in [0.25, 0.3) is 0 Å². The molecule has 1 heterocycles. The molecule has 2 nitrogen and oxygen atoms in total. The zero-order valence-electron chi connectivity index (χ0n) is 6.91. The van der Waals surface area contributed by atoms with Crippen molar-refractivity contribution in [1.82, 2.24) is 4.98 Å². The molecule has 0 aliphatic carbocycles. The fraction of sp³-hybridized carbons (Fsp3) is 0. The van der Waals surface area contributed by atoms with Crippen LogP contribution in [0, 0.1) is 3.57 Å². The van der Waals surface area contributed by atoms with Gasteiger partial charge in [-0.1, -0.05) is 29.0 Å². The second-order valence-electron chi connectivity index (χ2n) is 2.50. The molecule has 0 aliphatic heterocycles. The molecule has 1 aromatic carbocycles. The van der Waals surface area contributed by atoms with E-state index in [0.29, 0.717) is 10.3 Å². The molecule has 0 spiro atoms. The van der Waals surface area contributed by atoms with Crippen LogP contribution in [0.5, 0.6) is 10.9 Å². The summed E-state index contributed by atoms with van der Waals surface area (Å²) in [6, 6.07) is 7.77. The van der Waals surface area contributed by atoms with Gasteiger partial charge in [-0.15, -0.1) is 0 Å². The minimum Gasteiger partial charge on any atom is -0.431 e. The van der Waals surface area contributed by atoms with Gasteiger partial charge in [-0.3, -0.25) is 0 Å². The minimum absolute atomic E-state index is 0.468. The first-order chi connectivity index (χ1) is 6.74. The van der Waals surface area contributed by atoms with Crippen molar-refractivity contribution in [1.29, 1.82) is 0 Å².